The van der Waals surface area contributed by atoms with Gasteiger partial charge in [0.1, 0.15) is 5.75 Å². The average molecular weight is 402 g/mol. The van der Waals surface area contributed by atoms with Crippen molar-refractivity contribution in [2.24, 2.45) is 5.92 Å². The van der Waals surface area contributed by atoms with E-state index in [9.17, 15) is 9.59 Å². The van der Waals surface area contributed by atoms with Gasteiger partial charge in [0.2, 0.25) is 11.8 Å². The van der Waals surface area contributed by atoms with Crippen LogP contribution in [0.5, 0.6) is 5.75 Å². The molecule has 6 nitrogen and oxygen atoms in total. The smallest absolute Gasteiger partial charge is 0.227 e. The molecule has 0 unspecified atom stereocenters. The molecule has 1 N–H and O–H groups in total. The van der Waals surface area contributed by atoms with E-state index >= 15 is 0 Å². The number of likely N-dealkylation sites (tertiary alicyclic amines) is 1. The number of unbranched alkanes of at least 4 members (excludes halogenated alkanes) is 1. The van der Waals surface area contributed by atoms with Gasteiger partial charge >= 0.3 is 0 Å². The van der Waals surface area contributed by atoms with Gasteiger partial charge in [-0.3, -0.25) is 9.59 Å². The third-order valence-corrected chi connectivity index (χ3v) is 6.07. The summed E-state index contributed by atoms with van der Waals surface area (Å²) in [6.45, 7) is 8.33. The Morgan fingerprint density at radius 3 is 2.72 bits per heavy atom. The van der Waals surface area contributed by atoms with E-state index in [0.29, 0.717) is 25.7 Å². The summed E-state index contributed by atoms with van der Waals surface area (Å²) < 4.78 is 5.45. The van der Waals surface area contributed by atoms with E-state index in [-0.39, 0.29) is 24.2 Å². The first-order chi connectivity index (χ1) is 14.1. The van der Waals surface area contributed by atoms with Crippen molar-refractivity contribution in [3.05, 3.63) is 24.3 Å². The number of hydrogen-bond donors (Lipinski definition) is 1. The van der Waals surface area contributed by atoms with Crippen LogP contribution in [0.25, 0.3) is 0 Å². The zero-order chi connectivity index (χ0) is 20.6. The summed E-state index contributed by atoms with van der Waals surface area (Å²) in [6.07, 6.45) is 6.33. The number of rotatable bonds is 9. The van der Waals surface area contributed by atoms with Crippen LogP contribution in [0.1, 0.15) is 52.4 Å². The Hall–Kier alpha value is -2.08. The summed E-state index contributed by atoms with van der Waals surface area (Å²) in [6, 6.07) is 8.18. The van der Waals surface area contributed by atoms with Crippen LogP contribution in [0.4, 0.5) is 5.69 Å². The molecule has 0 saturated carbocycles. The Kier molecular flexibility index (Phi) is 7.92. The van der Waals surface area contributed by atoms with E-state index < -0.39 is 0 Å². The van der Waals surface area contributed by atoms with Crippen LogP contribution in [0, 0.1) is 5.92 Å². The van der Waals surface area contributed by atoms with Gasteiger partial charge in [-0.15, -0.1) is 0 Å². The van der Waals surface area contributed by atoms with Gasteiger partial charge in [-0.2, -0.15) is 0 Å². The monoisotopic (exact) mass is 401 g/mol. The number of piperidine rings is 1. The summed E-state index contributed by atoms with van der Waals surface area (Å²) in [5.74, 6) is 0.527. The number of nitrogens with zero attached hydrogens (tertiary/aromatic N) is 2. The van der Waals surface area contributed by atoms with Gasteiger partial charge < -0.3 is 19.9 Å². The predicted molar refractivity (Wildman–Crippen MR) is 115 cm³/mol. The van der Waals surface area contributed by atoms with E-state index in [0.717, 1.165) is 30.8 Å². The van der Waals surface area contributed by atoms with Crippen molar-refractivity contribution in [2.75, 3.05) is 37.7 Å². The number of nitrogens with one attached hydrogen (secondary N) is 1. The fraction of sp³-hybridized carbons (Fsp3) is 0.652. The van der Waals surface area contributed by atoms with Crippen molar-refractivity contribution >= 4 is 17.5 Å². The third-order valence-electron chi connectivity index (χ3n) is 6.07. The standard InChI is InChI=1S/C23H35N3O3/c1-3-29-21-11-9-20(10-12-21)26-17-19(16-22(26)27)23(28)24-13-5-7-15-25-14-6-4-8-18(25)2/h9-12,18-19H,3-8,13-17H2,1-2H3,(H,24,28)/t18-,19+/m0/s1. The molecule has 2 amide bonds. The second kappa shape index (κ2) is 10.6. The highest BCUT2D eigenvalue weighted by Gasteiger charge is 2.34. The normalized spacial score (nSPS) is 22.7. The molecule has 0 radical (unpaired) electrons. The van der Waals surface area contributed by atoms with Crippen molar-refractivity contribution in [2.45, 2.75) is 58.4 Å². The van der Waals surface area contributed by atoms with Crippen molar-refractivity contribution < 1.29 is 14.3 Å². The molecule has 29 heavy (non-hydrogen) atoms. The van der Waals surface area contributed by atoms with Crippen molar-refractivity contribution in [1.29, 1.82) is 0 Å². The molecule has 2 fully saturated rings. The highest BCUT2D eigenvalue weighted by molar-refractivity contribution is 6.00. The number of hydrogen-bond acceptors (Lipinski definition) is 4. The lowest BCUT2D eigenvalue weighted by molar-refractivity contribution is -0.126. The minimum absolute atomic E-state index is 0.00173. The van der Waals surface area contributed by atoms with Crippen LogP contribution in [-0.4, -0.2) is 55.5 Å². The van der Waals surface area contributed by atoms with E-state index in [1.165, 1.54) is 25.8 Å². The van der Waals surface area contributed by atoms with Gasteiger partial charge in [-0.25, -0.2) is 0 Å². The predicted octanol–water partition coefficient (Wildman–Crippen LogP) is 3.21. The zero-order valence-corrected chi connectivity index (χ0v) is 17.9. The van der Waals surface area contributed by atoms with Gasteiger partial charge in [0.15, 0.2) is 0 Å². The maximum Gasteiger partial charge on any atom is 0.227 e. The molecule has 2 saturated heterocycles. The Morgan fingerprint density at radius 2 is 2.00 bits per heavy atom. The molecular formula is C23H35N3O3. The molecule has 0 aromatic heterocycles. The minimum atomic E-state index is -0.267. The molecule has 2 aliphatic heterocycles. The number of ether oxygens (including phenoxy) is 1. The molecule has 0 aliphatic carbocycles. The summed E-state index contributed by atoms with van der Waals surface area (Å²) in [5, 5.41) is 3.04. The highest BCUT2D eigenvalue weighted by atomic mass is 16.5. The van der Waals surface area contributed by atoms with E-state index in [1.807, 2.05) is 31.2 Å². The lowest BCUT2D eigenvalue weighted by atomic mass is 10.0. The molecular weight excluding hydrogens is 366 g/mol. The Balaban J connectivity index is 1.38. The molecule has 6 heteroatoms. The number of carbonyl (C=O) groups is 2. The Morgan fingerprint density at radius 1 is 1.21 bits per heavy atom. The molecule has 160 valence electrons. The highest BCUT2D eigenvalue weighted by Crippen LogP contribution is 2.27. The molecule has 1 aromatic carbocycles. The summed E-state index contributed by atoms with van der Waals surface area (Å²) in [5.41, 5.74) is 0.824. The maximum atomic E-state index is 12.5. The van der Waals surface area contributed by atoms with Gasteiger partial charge in [-0.05, 0) is 76.9 Å². The van der Waals surface area contributed by atoms with E-state index in [4.69, 9.17) is 4.74 Å². The van der Waals surface area contributed by atoms with Crippen LogP contribution in [-0.2, 0) is 9.59 Å². The average Bonchev–Trinajstić information content (AvgIpc) is 3.11. The summed E-state index contributed by atoms with van der Waals surface area (Å²) in [4.78, 5) is 29.2. The van der Waals surface area contributed by atoms with Gasteiger partial charge in [0.25, 0.3) is 0 Å². The second-order valence-corrected chi connectivity index (χ2v) is 8.21. The van der Waals surface area contributed by atoms with Crippen molar-refractivity contribution in [1.82, 2.24) is 10.2 Å². The van der Waals surface area contributed by atoms with Gasteiger partial charge in [-0.1, -0.05) is 6.42 Å². The molecule has 0 bridgehead atoms. The summed E-state index contributed by atoms with van der Waals surface area (Å²) in [7, 11) is 0. The lowest BCUT2D eigenvalue weighted by Crippen LogP contribution is -2.38. The lowest BCUT2D eigenvalue weighted by Gasteiger charge is -2.33. The number of amides is 2. The third kappa shape index (κ3) is 5.95. The quantitative estimate of drug-likeness (QED) is 0.646. The Labute approximate surface area is 174 Å². The second-order valence-electron chi connectivity index (χ2n) is 8.21. The number of carbonyl (C=O) groups excluding carboxylic acids is 2. The summed E-state index contributed by atoms with van der Waals surface area (Å²) >= 11 is 0. The fourth-order valence-corrected chi connectivity index (χ4v) is 4.31. The van der Waals surface area contributed by atoms with Crippen LogP contribution >= 0.6 is 0 Å². The first kappa shape index (κ1) is 21.6. The van der Waals surface area contributed by atoms with Gasteiger partial charge in [0.05, 0.1) is 12.5 Å². The van der Waals surface area contributed by atoms with Crippen LogP contribution in [0.15, 0.2) is 24.3 Å². The Bertz CT molecular complexity index is 676. The molecule has 0 spiro atoms. The molecule has 1 aromatic rings. The SMILES string of the molecule is CCOc1ccc(N2C[C@H](C(=O)NCCCCN3CCCC[C@@H]3C)CC2=O)cc1. The van der Waals surface area contributed by atoms with Crippen LogP contribution < -0.4 is 15.0 Å². The van der Waals surface area contributed by atoms with Crippen molar-refractivity contribution in [3.63, 3.8) is 0 Å². The zero-order valence-electron chi connectivity index (χ0n) is 17.9. The topological polar surface area (TPSA) is 61.9 Å². The van der Waals surface area contributed by atoms with Crippen LogP contribution in [0.2, 0.25) is 0 Å². The molecule has 2 heterocycles. The molecule has 3 rings (SSSR count). The molecule has 2 aliphatic rings. The fourth-order valence-electron chi connectivity index (χ4n) is 4.31. The minimum Gasteiger partial charge on any atom is -0.494 e. The first-order valence-electron chi connectivity index (χ1n) is 11.1. The van der Waals surface area contributed by atoms with Crippen LogP contribution in [0.3, 0.4) is 0 Å². The van der Waals surface area contributed by atoms with E-state index in [1.54, 1.807) is 4.90 Å². The van der Waals surface area contributed by atoms with Gasteiger partial charge in [0, 0.05) is 31.2 Å². The number of anilines is 1. The maximum absolute atomic E-state index is 12.5. The first-order valence-corrected chi connectivity index (χ1v) is 11.1. The van der Waals surface area contributed by atoms with E-state index in [2.05, 4.69) is 17.1 Å². The molecule has 2 atom stereocenters. The largest absolute Gasteiger partial charge is 0.494 e. The van der Waals surface area contributed by atoms with Crippen molar-refractivity contribution in [3.8, 4) is 5.75 Å². The number of benzene rings is 1.